The number of hydrogen-bond donors (Lipinski definition) is 0. The molecule has 8 atom stereocenters. The van der Waals surface area contributed by atoms with Crippen molar-refractivity contribution < 1.29 is 28.9 Å². The number of hydrogen-bond acceptors (Lipinski definition) is 9. The molecule has 1 aromatic carbocycles. The van der Waals surface area contributed by atoms with Crippen molar-refractivity contribution in [2.45, 2.75) is 77.0 Å². The average molecular weight is 487 g/mol. The molecular formula is C24H30N4O7. The van der Waals surface area contributed by atoms with Crippen molar-refractivity contribution in [1.82, 2.24) is 15.0 Å². The van der Waals surface area contributed by atoms with Gasteiger partial charge in [-0.2, -0.15) is 0 Å². The van der Waals surface area contributed by atoms with Crippen molar-refractivity contribution in [2.24, 2.45) is 23.7 Å². The van der Waals surface area contributed by atoms with E-state index in [1.54, 1.807) is 23.0 Å². The summed E-state index contributed by atoms with van der Waals surface area (Å²) in [4.78, 5) is 22.5. The number of nitro groups is 1. The maximum absolute atomic E-state index is 10.9. The molecule has 11 heteroatoms. The van der Waals surface area contributed by atoms with Gasteiger partial charge in [-0.3, -0.25) is 10.1 Å². The van der Waals surface area contributed by atoms with Crippen molar-refractivity contribution in [1.29, 1.82) is 0 Å². The van der Waals surface area contributed by atoms with Crippen LogP contribution in [0.4, 0.5) is 5.69 Å². The Hall–Kier alpha value is -2.44. The van der Waals surface area contributed by atoms with Crippen molar-refractivity contribution in [2.75, 3.05) is 0 Å². The number of benzene rings is 1. The first-order valence-electron chi connectivity index (χ1n) is 12.3. The first-order chi connectivity index (χ1) is 16.8. The van der Waals surface area contributed by atoms with E-state index in [0.717, 1.165) is 25.7 Å². The zero-order valence-corrected chi connectivity index (χ0v) is 20.0. The molecule has 7 rings (SSSR count). The normalized spacial score (nSPS) is 40.2. The predicted octanol–water partition coefficient (Wildman–Crippen LogP) is 3.90. The SMILES string of the molecule is C[C@H]1[C@@H](OCc2cn(-c3ccc([N+](=O)[O-])cc3)nn2)O[C@@H]2O[C@@]3(C)CC[C@H]4[C@H](C)CC[C@@H]1[C@@]24OO3. The Morgan fingerprint density at radius 1 is 1.17 bits per heavy atom. The third-order valence-corrected chi connectivity index (χ3v) is 8.36. The molecule has 1 saturated carbocycles. The van der Waals surface area contributed by atoms with Crippen LogP contribution < -0.4 is 0 Å². The van der Waals surface area contributed by atoms with Gasteiger partial charge in [-0.1, -0.05) is 19.1 Å². The van der Waals surface area contributed by atoms with E-state index >= 15 is 0 Å². The summed E-state index contributed by atoms with van der Waals surface area (Å²) in [6.07, 6.45) is 4.58. The van der Waals surface area contributed by atoms with E-state index in [-0.39, 0.29) is 24.1 Å². The van der Waals surface area contributed by atoms with Crippen LogP contribution in [0, 0.1) is 33.8 Å². The van der Waals surface area contributed by atoms with Crippen LogP contribution in [-0.2, 0) is 30.6 Å². The van der Waals surface area contributed by atoms with Crippen LogP contribution in [-0.4, -0.2) is 43.9 Å². The van der Waals surface area contributed by atoms with E-state index in [2.05, 4.69) is 24.2 Å². The summed E-state index contributed by atoms with van der Waals surface area (Å²) in [6.45, 7) is 6.55. The fourth-order valence-electron chi connectivity index (χ4n) is 6.45. The maximum atomic E-state index is 10.9. The summed E-state index contributed by atoms with van der Waals surface area (Å²) in [5.74, 6) is 0.243. The van der Waals surface area contributed by atoms with Gasteiger partial charge < -0.3 is 14.2 Å². The monoisotopic (exact) mass is 486 g/mol. The lowest BCUT2D eigenvalue weighted by molar-refractivity contribution is -0.577. The molecule has 5 aliphatic rings. The van der Waals surface area contributed by atoms with E-state index in [1.165, 1.54) is 12.1 Å². The molecule has 1 aliphatic carbocycles. The van der Waals surface area contributed by atoms with Gasteiger partial charge in [0.2, 0.25) is 5.79 Å². The minimum Gasteiger partial charge on any atom is -0.346 e. The Morgan fingerprint density at radius 3 is 2.74 bits per heavy atom. The number of nitrogens with zero attached hydrogens (tertiary/aromatic N) is 4. The highest BCUT2D eigenvalue weighted by Crippen LogP contribution is 2.60. The summed E-state index contributed by atoms with van der Waals surface area (Å²) < 4.78 is 20.6. The highest BCUT2D eigenvalue weighted by Gasteiger charge is 2.69. The first-order valence-corrected chi connectivity index (χ1v) is 12.3. The lowest BCUT2D eigenvalue weighted by atomic mass is 9.58. The van der Waals surface area contributed by atoms with Gasteiger partial charge in [0.1, 0.15) is 5.69 Å². The molecule has 4 aliphatic heterocycles. The molecule has 188 valence electrons. The molecule has 5 heterocycles. The third kappa shape index (κ3) is 3.68. The quantitative estimate of drug-likeness (QED) is 0.352. The molecule has 2 aromatic rings. The molecule has 0 radical (unpaired) electrons. The van der Waals surface area contributed by atoms with Gasteiger partial charge >= 0.3 is 0 Å². The van der Waals surface area contributed by atoms with Crippen LogP contribution in [0.5, 0.6) is 0 Å². The van der Waals surface area contributed by atoms with E-state index in [1.807, 2.05) is 6.92 Å². The van der Waals surface area contributed by atoms with Gasteiger partial charge in [0.15, 0.2) is 18.2 Å². The lowest BCUT2D eigenvalue weighted by Gasteiger charge is -2.60. The molecule has 11 nitrogen and oxygen atoms in total. The number of nitro benzene ring substituents is 1. The topological polar surface area (TPSA) is 120 Å². The average Bonchev–Trinajstić information content (AvgIpc) is 3.20. The number of aromatic nitrogens is 3. The predicted molar refractivity (Wildman–Crippen MR) is 120 cm³/mol. The smallest absolute Gasteiger partial charge is 0.269 e. The van der Waals surface area contributed by atoms with Gasteiger partial charge in [-0.25, -0.2) is 14.5 Å². The van der Waals surface area contributed by atoms with Crippen LogP contribution in [0.2, 0.25) is 0 Å². The molecule has 5 fully saturated rings. The molecule has 1 spiro atoms. The van der Waals surface area contributed by atoms with Crippen LogP contribution >= 0.6 is 0 Å². The van der Waals surface area contributed by atoms with Crippen LogP contribution in [0.15, 0.2) is 30.5 Å². The zero-order valence-electron chi connectivity index (χ0n) is 20.0. The van der Waals surface area contributed by atoms with E-state index in [9.17, 15) is 10.1 Å². The van der Waals surface area contributed by atoms with Crippen LogP contribution in [0.25, 0.3) is 5.69 Å². The first kappa shape index (κ1) is 23.0. The van der Waals surface area contributed by atoms with Crippen molar-refractivity contribution in [3.8, 4) is 5.69 Å². The zero-order chi connectivity index (χ0) is 24.4. The minimum absolute atomic E-state index is 0.0237. The van der Waals surface area contributed by atoms with Gasteiger partial charge in [-0.15, -0.1) is 5.10 Å². The summed E-state index contributed by atoms with van der Waals surface area (Å²) in [7, 11) is 0. The maximum Gasteiger partial charge on any atom is 0.269 e. The van der Waals surface area contributed by atoms with Crippen molar-refractivity contribution in [3.63, 3.8) is 0 Å². The second-order valence-corrected chi connectivity index (χ2v) is 10.5. The summed E-state index contributed by atoms with van der Waals surface area (Å²) >= 11 is 0. The number of rotatable bonds is 5. The molecule has 4 saturated heterocycles. The number of ether oxygens (including phenoxy) is 3. The molecule has 2 bridgehead atoms. The second-order valence-electron chi connectivity index (χ2n) is 10.5. The molecule has 0 amide bonds. The van der Waals surface area contributed by atoms with Crippen molar-refractivity contribution in [3.05, 3.63) is 46.3 Å². The van der Waals surface area contributed by atoms with Gasteiger partial charge in [0, 0.05) is 30.4 Å². The van der Waals surface area contributed by atoms with Crippen molar-refractivity contribution >= 4 is 5.69 Å². The van der Waals surface area contributed by atoms with E-state index in [4.69, 9.17) is 24.0 Å². The summed E-state index contributed by atoms with van der Waals surface area (Å²) in [5.41, 5.74) is 0.709. The molecule has 35 heavy (non-hydrogen) atoms. The Kier molecular flexibility index (Phi) is 5.46. The summed E-state index contributed by atoms with van der Waals surface area (Å²) in [6, 6.07) is 6.13. The molecule has 1 aromatic heterocycles. The fraction of sp³-hybridized carbons (Fsp3) is 0.667. The Morgan fingerprint density at radius 2 is 1.97 bits per heavy atom. The van der Waals surface area contributed by atoms with Gasteiger partial charge in [-0.05, 0) is 50.2 Å². The highest BCUT2D eigenvalue weighted by atomic mass is 17.3. The Labute approximate surface area is 202 Å². The Bertz CT molecular complexity index is 1110. The van der Waals surface area contributed by atoms with E-state index < -0.39 is 28.9 Å². The fourth-order valence-corrected chi connectivity index (χ4v) is 6.45. The molecule has 0 unspecified atom stereocenters. The number of fused-ring (bicyclic) bond motifs is 2. The van der Waals surface area contributed by atoms with Gasteiger partial charge in [0.05, 0.1) is 23.4 Å². The van der Waals surface area contributed by atoms with Crippen LogP contribution in [0.1, 0.15) is 52.1 Å². The van der Waals surface area contributed by atoms with E-state index in [0.29, 0.717) is 23.2 Å². The second kappa shape index (κ2) is 8.31. The minimum atomic E-state index is -0.823. The Balaban J connectivity index is 1.18. The summed E-state index contributed by atoms with van der Waals surface area (Å²) in [5, 5.41) is 19.2. The molecule has 0 N–H and O–H groups in total. The lowest BCUT2D eigenvalue weighted by Crippen LogP contribution is -2.70. The number of non-ortho nitro benzene ring substituents is 1. The van der Waals surface area contributed by atoms with Gasteiger partial charge in [0.25, 0.3) is 5.69 Å². The van der Waals surface area contributed by atoms with Crippen LogP contribution in [0.3, 0.4) is 0 Å². The standard InChI is InChI=1S/C24H30N4O7/c1-14-4-9-20-15(2)21(32-22-24(20)19(14)10-11-23(3,33-22)34-35-24)31-13-16-12-27(26-25-16)17-5-7-18(8-6-17)28(29)30/h5-8,12,14-15,19-22H,4,9-11,13H2,1-3H3/t14-,15-,19+,20+,21+,22-,23-,24-/m1/s1. The highest BCUT2D eigenvalue weighted by molar-refractivity contribution is 5.40. The molecular weight excluding hydrogens is 456 g/mol. The third-order valence-electron chi connectivity index (χ3n) is 8.36. The largest absolute Gasteiger partial charge is 0.346 e.